The highest BCUT2D eigenvalue weighted by atomic mass is 79.9. The summed E-state index contributed by atoms with van der Waals surface area (Å²) in [4.78, 5) is 4.53. The molecule has 3 rings (SSSR count). The predicted molar refractivity (Wildman–Crippen MR) is 76.5 cm³/mol. The summed E-state index contributed by atoms with van der Waals surface area (Å²) in [7, 11) is 0. The van der Waals surface area contributed by atoms with Crippen LogP contribution in [-0.2, 0) is 0 Å². The SMILES string of the molecule is CCC(Br)c1cn(-c2ccc3ncsc3c2)nn1. The Kier molecular flexibility index (Phi) is 3.13. The van der Waals surface area contributed by atoms with Gasteiger partial charge < -0.3 is 0 Å². The molecule has 0 aliphatic carbocycles. The lowest BCUT2D eigenvalue weighted by Crippen LogP contribution is -1.94. The highest BCUT2D eigenvalue weighted by Crippen LogP contribution is 2.25. The predicted octanol–water partition coefficient (Wildman–Crippen LogP) is 3.72. The first-order valence-electron chi connectivity index (χ1n) is 5.68. The minimum Gasteiger partial charge on any atom is -0.245 e. The summed E-state index contributed by atoms with van der Waals surface area (Å²) in [6, 6.07) is 6.10. The molecule has 6 heteroatoms. The Morgan fingerprint density at radius 3 is 3.17 bits per heavy atom. The molecule has 0 N–H and O–H groups in total. The van der Waals surface area contributed by atoms with Crippen molar-refractivity contribution >= 4 is 37.5 Å². The third kappa shape index (κ3) is 2.06. The van der Waals surface area contributed by atoms with E-state index in [-0.39, 0.29) is 4.83 Å². The zero-order valence-corrected chi connectivity index (χ0v) is 12.1. The summed E-state index contributed by atoms with van der Waals surface area (Å²) in [5.74, 6) is 0. The third-order valence-corrected chi connectivity index (χ3v) is 4.68. The second-order valence-electron chi connectivity index (χ2n) is 3.97. The van der Waals surface area contributed by atoms with Gasteiger partial charge in [-0.25, -0.2) is 9.67 Å². The molecule has 0 saturated heterocycles. The minimum absolute atomic E-state index is 0.262. The fourth-order valence-electron chi connectivity index (χ4n) is 1.74. The molecule has 4 nitrogen and oxygen atoms in total. The van der Waals surface area contributed by atoms with Crippen molar-refractivity contribution in [2.75, 3.05) is 0 Å². The van der Waals surface area contributed by atoms with Crippen molar-refractivity contribution in [1.29, 1.82) is 0 Å². The Morgan fingerprint density at radius 2 is 2.33 bits per heavy atom. The van der Waals surface area contributed by atoms with E-state index in [0.717, 1.165) is 28.0 Å². The summed E-state index contributed by atoms with van der Waals surface area (Å²) in [5.41, 5.74) is 4.85. The zero-order chi connectivity index (χ0) is 12.5. The number of benzene rings is 1. The first kappa shape index (κ1) is 11.8. The lowest BCUT2D eigenvalue weighted by molar-refractivity contribution is 0.791. The van der Waals surface area contributed by atoms with Gasteiger partial charge in [-0.15, -0.1) is 16.4 Å². The molecule has 0 saturated carbocycles. The van der Waals surface area contributed by atoms with Crippen LogP contribution in [0.25, 0.3) is 15.9 Å². The molecule has 2 aromatic heterocycles. The van der Waals surface area contributed by atoms with Gasteiger partial charge in [0.2, 0.25) is 0 Å². The van der Waals surface area contributed by atoms with Crippen LogP contribution in [0.4, 0.5) is 0 Å². The van der Waals surface area contributed by atoms with Crippen LogP contribution >= 0.6 is 27.3 Å². The van der Waals surface area contributed by atoms with Crippen LogP contribution in [0.15, 0.2) is 29.9 Å². The van der Waals surface area contributed by atoms with Gasteiger partial charge in [0, 0.05) is 0 Å². The molecular weight excluding hydrogens is 312 g/mol. The molecule has 3 aromatic rings. The van der Waals surface area contributed by atoms with Crippen molar-refractivity contribution in [2.45, 2.75) is 18.2 Å². The van der Waals surface area contributed by atoms with Crippen molar-refractivity contribution in [1.82, 2.24) is 20.0 Å². The topological polar surface area (TPSA) is 43.6 Å². The van der Waals surface area contributed by atoms with E-state index in [2.05, 4.69) is 44.2 Å². The van der Waals surface area contributed by atoms with E-state index in [4.69, 9.17) is 0 Å². The van der Waals surface area contributed by atoms with Crippen molar-refractivity contribution in [3.05, 3.63) is 35.6 Å². The number of alkyl halides is 1. The van der Waals surface area contributed by atoms with Gasteiger partial charge in [-0.05, 0) is 24.6 Å². The van der Waals surface area contributed by atoms with Crippen LogP contribution in [0.5, 0.6) is 0 Å². The van der Waals surface area contributed by atoms with E-state index in [0.29, 0.717) is 0 Å². The number of fused-ring (bicyclic) bond motifs is 1. The van der Waals surface area contributed by atoms with E-state index in [1.165, 1.54) is 0 Å². The van der Waals surface area contributed by atoms with Gasteiger partial charge in [-0.2, -0.15) is 0 Å². The second kappa shape index (κ2) is 4.78. The monoisotopic (exact) mass is 322 g/mol. The van der Waals surface area contributed by atoms with Gasteiger partial charge in [-0.3, -0.25) is 0 Å². The Labute approximate surface area is 117 Å². The van der Waals surface area contributed by atoms with Crippen LogP contribution in [0.2, 0.25) is 0 Å². The molecule has 0 bridgehead atoms. The molecule has 1 aromatic carbocycles. The van der Waals surface area contributed by atoms with Gasteiger partial charge in [0.05, 0.1) is 38.1 Å². The van der Waals surface area contributed by atoms with Gasteiger partial charge in [0.15, 0.2) is 0 Å². The lowest BCUT2D eigenvalue weighted by atomic mass is 10.2. The maximum absolute atomic E-state index is 4.27. The third-order valence-electron chi connectivity index (χ3n) is 2.77. The standard InChI is InChI=1S/C12H11BrN4S/c1-2-9(13)11-6-17(16-15-11)8-3-4-10-12(5-8)18-7-14-10/h3-7,9H,2H2,1H3. The number of thiazole rings is 1. The molecule has 0 radical (unpaired) electrons. The largest absolute Gasteiger partial charge is 0.245 e. The van der Waals surface area contributed by atoms with Crippen LogP contribution in [0.3, 0.4) is 0 Å². The molecule has 1 unspecified atom stereocenters. The number of rotatable bonds is 3. The van der Waals surface area contributed by atoms with Crippen LogP contribution < -0.4 is 0 Å². The number of halogens is 1. The average molecular weight is 323 g/mol. The summed E-state index contributed by atoms with van der Waals surface area (Å²) in [5, 5.41) is 8.35. The Hall–Kier alpha value is -1.27. The van der Waals surface area contributed by atoms with E-state index >= 15 is 0 Å². The summed E-state index contributed by atoms with van der Waals surface area (Å²) < 4.78 is 2.97. The number of nitrogens with zero attached hydrogens (tertiary/aromatic N) is 4. The van der Waals surface area contributed by atoms with Crippen LogP contribution in [-0.4, -0.2) is 20.0 Å². The quantitative estimate of drug-likeness (QED) is 0.690. The molecule has 0 fully saturated rings. The van der Waals surface area contributed by atoms with Gasteiger partial charge in [0.1, 0.15) is 0 Å². The van der Waals surface area contributed by atoms with E-state index in [1.807, 2.05) is 23.8 Å². The second-order valence-corrected chi connectivity index (χ2v) is 5.96. The summed E-state index contributed by atoms with van der Waals surface area (Å²) in [6.07, 6.45) is 2.96. The summed E-state index contributed by atoms with van der Waals surface area (Å²) >= 11 is 5.21. The molecule has 2 heterocycles. The maximum Gasteiger partial charge on any atom is 0.0967 e. The Bertz CT molecular complexity index is 675. The Morgan fingerprint density at radius 1 is 1.44 bits per heavy atom. The van der Waals surface area contributed by atoms with Crippen molar-refractivity contribution in [2.24, 2.45) is 0 Å². The van der Waals surface area contributed by atoms with Crippen LogP contribution in [0, 0.1) is 0 Å². The fraction of sp³-hybridized carbons (Fsp3) is 0.250. The van der Waals surface area contributed by atoms with Gasteiger partial charge in [0.25, 0.3) is 0 Å². The first-order chi connectivity index (χ1) is 8.78. The molecule has 1 atom stereocenters. The van der Waals surface area contributed by atoms with Gasteiger partial charge >= 0.3 is 0 Å². The van der Waals surface area contributed by atoms with Crippen molar-refractivity contribution < 1.29 is 0 Å². The normalized spacial score (nSPS) is 13.0. The smallest absolute Gasteiger partial charge is 0.0967 e. The fourth-order valence-corrected chi connectivity index (χ4v) is 2.66. The van der Waals surface area contributed by atoms with Gasteiger partial charge in [-0.1, -0.05) is 28.1 Å². The van der Waals surface area contributed by atoms with E-state index in [1.54, 1.807) is 16.0 Å². The zero-order valence-electron chi connectivity index (χ0n) is 9.75. The van der Waals surface area contributed by atoms with Crippen LogP contribution in [0.1, 0.15) is 23.9 Å². The molecule has 0 spiro atoms. The average Bonchev–Trinajstić information content (AvgIpc) is 3.05. The lowest BCUT2D eigenvalue weighted by Gasteiger charge is -2.00. The minimum atomic E-state index is 0.262. The first-order valence-corrected chi connectivity index (χ1v) is 7.47. The van der Waals surface area contributed by atoms with Crippen molar-refractivity contribution in [3.63, 3.8) is 0 Å². The number of hydrogen-bond donors (Lipinski definition) is 0. The maximum atomic E-state index is 4.27. The molecule has 0 aliphatic heterocycles. The molecule has 0 aliphatic rings. The molecule has 92 valence electrons. The molecule has 18 heavy (non-hydrogen) atoms. The van der Waals surface area contributed by atoms with E-state index < -0.39 is 0 Å². The molecule has 0 amide bonds. The highest BCUT2D eigenvalue weighted by Gasteiger charge is 2.10. The van der Waals surface area contributed by atoms with E-state index in [9.17, 15) is 0 Å². The highest BCUT2D eigenvalue weighted by molar-refractivity contribution is 9.09. The number of hydrogen-bond acceptors (Lipinski definition) is 4. The molecular formula is C12H11BrN4S. The Balaban J connectivity index is 2.00. The number of aromatic nitrogens is 4. The summed E-state index contributed by atoms with van der Waals surface area (Å²) in [6.45, 7) is 2.11. The van der Waals surface area contributed by atoms with Crippen molar-refractivity contribution in [3.8, 4) is 5.69 Å².